The summed E-state index contributed by atoms with van der Waals surface area (Å²) in [6, 6.07) is 0.357. The lowest BCUT2D eigenvalue weighted by molar-refractivity contribution is -0.139. The van der Waals surface area contributed by atoms with Gasteiger partial charge in [-0.05, 0) is 25.2 Å². The van der Waals surface area contributed by atoms with Crippen LogP contribution in [0.5, 0.6) is 0 Å². The van der Waals surface area contributed by atoms with Gasteiger partial charge in [-0.15, -0.1) is 0 Å². The molecule has 1 aliphatic carbocycles. The fourth-order valence-corrected chi connectivity index (χ4v) is 2.74. The minimum Gasteiger partial charge on any atom is -0.481 e. The van der Waals surface area contributed by atoms with Crippen LogP contribution in [0.15, 0.2) is 0 Å². The van der Waals surface area contributed by atoms with Gasteiger partial charge in [0.25, 0.3) is 0 Å². The van der Waals surface area contributed by atoms with E-state index in [1.165, 1.54) is 19.3 Å². The third-order valence-electron chi connectivity index (χ3n) is 3.63. The highest BCUT2D eigenvalue weighted by atomic mass is 16.4. The van der Waals surface area contributed by atoms with Crippen LogP contribution in [-0.4, -0.2) is 34.4 Å². The lowest BCUT2D eigenvalue weighted by atomic mass is 9.91. The molecule has 106 valence electrons. The SMILES string of the molecule is CC(C)C[C@H](NC1CCCCC1)[C@@H](O)CC(=O)O. The van der Waals surface area contributed by atoms with Gasteiger partial charge in [-0.25, -0.2) is 0 Å². The number of hydrogen-bond acceptors (Lipinski definition) is 3. The van der Waals surface area contributed by atoms with Crippen molar-refractivity contribution in [1.29, 1.82) is 0 Å². The Morgan fingerprint density at radius 1 is 1.28 bits per heavy atom. The summed E-state index contributed by atoms with van der Waals surface area (Å²) in [6.45, 7) is 4.20. The average molecular weight is 257 g/mol. The van der Waals surface area contributed by atoms with Gasteiger partial charge in [-0.1, -0.05) is 33.1 Å². The van der Waals surface area contributed by atoms with Gasteiger partial charge in [0.05, 0.1) is 12.5 Å². The second kappa shape index (κ2) is 7.74. The van der Waals surface area contributed by atoms with Crippen LogP contribution in [0.2, 0.25) is 0 Å². The number of hydrogen-bond donors (Lipinski definition) is 3. The van der Waals surface area contributed by atoms with Gasteiger partial charge in [0.15, 0.2) is 0 Å². The first kappa shape index (κ1) is 15.4. The standard InChI is InChI=1S/C14H27NO3/c1-10(2)8-12(13(16)9-14(17)18)15-11-6-4-3-5-7-11/h10-13,15-16H,3-9H2,1-2H3,(H,17,18)/t12-,13-/m0/s1. The number of carboxylic acids is 1. The van der Waals surface area contributed by atoms with Crippen molar-refractivity contribution in [3.63, 3.8) is 0 Å². The molecule has 0 bridgehead atoms. The molecule has 0 heterocycles. The van der Waals surface area contributed by atoms with Crippen molar-refractivity contribution in [3.8, 4) is 0 Å². The first-order valence-corrected chi connectivity index (χ1v) is 7.15. The lowest BCUT2D eigenvalue weighted by Crippen LogP contribution is -2.47. The summed E-state index contributed by atoms with van der Waals surface area (Å²) < 4.78 is 0. The van der Waals surface area contributed by atoms with Gasteiger partial charge in [0.2, 0.25) is 0 Å². The molecule has 0 unspecified atom stereocenters. The van der Waals surface area contributed by atoms with Crippen molar-refractivity contribution >= 4 is 5.97 Å². The van der Waals surface area contributed by atoms with Crippen LogP contribution in [0.1, 0.15) is 58.8 Å². The molecule has 1 saturated carbocycles. The Kier molecular flexibility index (Phi) is 6.65. The summed E-state index contributed by atoms with van der Waals surface area (Å²) in [7, 11) is 0. The molecule has 2 atom stereocenters. The summed E-state index contributed by atoms with van der Waals surface area (Å²) in [5.74, 6) is -0.476. The minimum absolute atomic E-state index is 0.0933. The second-order valence-electron chi connectivity index (χ2n) is 5.90. The number of carboxylic acid groups (broad SMARTS) is 1. The molecule has 0 amide bonds. The van der Waals surface area contributed by atoms with E-state index in [0.29, 0.717) is 12.0 Å². The predicted molar refractivity (Wildman–Crippen MR) is 71.5 cm³/mol. The van der Waals surface area contributed by atoms with Gasteiger partial charge >= 0.3 is 5.97 Å². The Hall–Kier alpha value is -0.610. The molecule has 4 heteroatoms. The highest BCUT2D eigenvalue weighted by Crippen LogP contribution is 2.20. The van der Waals surface area contributed by atoms with Crippen LogP contribution in [0.3, 0.4) is 0 Å². The molecule has 0 spiro atoms. The minimum atomic E-state index is -0.929. The third kappa shape index (κ3) is 5.83. The quantitative estimate of drug-likeness (QED) is 0.653. The van der Waals surface area contributed by atoms with Crippen molar-refractivity contribution in [2.45, 2.75) is 77.0 Å². The number of carbonyl (C=O) groups is 1. The average Bonchev–Trinajstić information content (AvgIpc) is 2.28. The van der Waals surface area contributed by atoms with Crippen LogP contribution in [0.4, 0.5) is 0 Å². The fraction of sp³-hybridized carbons (Fsp3) is 0.929. The van der Waals surface area contributed by atoms with E-state index in [1.54, 1.807) is 0 Å². The molecule has 0 saturated heterocycles. The molecule has 18 heavy (non-hydrogen) atoms. The summed E-state index contributed by atoms with van der Waals surface area (Å²) in [5, 5.41) is 22.3. The van der Waals surface area contributed by atoms with Crippen molar-refractivity contribution in [1.82, 2.24) is 5.32 Å². The summed E-state index contributed by atoms with van der Waals surface area (Å²) >= 11 is 0. The molecule has 1 fully saturated rings. The topological polar surface area (TPSA) is 69.6 Å². The number of nitrogens with one attached hydrogen (secondary N) is 1. The number of rotatable bonds is 7. The van der Waals surface area contributed by atoms with Crippen molar-refractivity contribution in [3.05, 3.63) is 0 Å². The first-order chi connectivity index (χ1) is 8.49. The van der Waals surface area contributed by atoms with E-state index in [4.69, 9.17) is 5.11 Å². The van der Waals surface area contributed by atoms with Gasteiger partial charge < -0.3 is 15.5 Å². The molecule has 3 N–H and O–H groups in total. The first-order valence-electron chi connectivity index (χ1n) is 7.15. The second-order valence-corrected chi connectivity index (χ2v) is 5.90. The molecule has 0 aromatic carbocycles. The third-order valence-corrected chi connectivity index (χ3v) is 3.63. The van der Waals surface area contributed by atoms with E-state index in [2.05, 4.69) is 19.2 Å². The lowest BCUT2D eigenvalue weighted by Gasteiger charge is -2.31. The van der Waals surface area contributed by atoms with Crippen LogP contribution in [0, 0.1) is 5.92 Å². The Labute approximate surface area is 110 Å². The van der Waals surface area contributed by atoms with Crippen molar-refractivity contribution in [2.24, 2.45) is 5.92 Å². The highest BCUT2D eigenvalue weighted by Gasteiger charge is 2.25. The van der Waals surface area contributed by atoms with Crippen molar-refractivity contribution in [2.75, 3.05) is 0 Å². The predicted octanol–water partition coefficient (Wildman–Crippen LogP) is 2.16. The van der Waals surface area contributed by atoms with Gasteiger partial charge in [-0.2, -0.15) is 0 Å². The van der Waals surface area contributed by atoms with E-state index < -0.39 is 12.1 Å². The van der Waals surface area contributed by atoms with Crippen LogP contribution in [-0.2, 0) is 4.79 Å². The van der Waals surface area contributed by atoms with E-state index in [0.717, 1.165) is 19.3 Å². The molecule has 0 aliphatic heterocycles. The largest absolute Gasteiger partial charge is 0.481 e. The van der Waals surface area contributed by atoms with Crippen LogP contribution >= 0.6 is 0 Å². The normalized spacial score (nSPS) is 20.9. The highest BCUT2D eigenvalue weighted by molar-refractivity contribution is 5.67. The van der Waals surface area contributed by atoms with Crippen molar-refractivity contribution < 1.29 is 15.0 Å². The Balaban J connectivity index is 2.50. The molecule has 1 rings (SSSR count). The maximum absolute atomic E-state index is 10.7. The van der Waals surface area contributed by atoms with E-state index in [9.17, 15) is 9.90 Å². The smallest absolute Gasteiger partial charge is 0.306 e. The monoisotopic (exact) mass is 257 g/mol. The number of aliphatic carboxylic acids is 1. The number of aliphatic hydroxyl groups excluding tert-OH is 1. The van der Waals surface area contributed by atoms with E-state index in [-0.39, 0.29) is 12.5 Å². The summed E-state index contributed by atoms with van der Waals surface area (Å²) in [5.41, 5.74) is 0. The molecule has 0 radical (unpaired) electrons. The summed E-state index contributed by atoms with van der Waals surface area (Å²) in [4.78, 5) is 10.7. The molecule has 0 aromatic rings. The van der Waals surface area contributed by atoms with Gasteiger partial charge in [0.1, 0.15) is 0 Å². The zero-order chi connectivity index (χ0) is 13.5. The van der Waals surface area contributed by atoms with Gasteiger partial charge in [-0.3, -0.25) is 4.79 Å². The Morgan fingerprint density at radius 3 is 2.39 bits per heavy atom. The zero-order valence-electron chi connectivity index (χ0n) is 11.6. The molecular formula is C14H27NO3. The van der Waals surface area contributed by atoms with Crippen LogP contribution in [0.25, 0.3) is 0 Å². The fourth-order valence-electron chi connectivity index (χ4n) is 2.74. The molecule has 1 aliphatic rings. The maximum Gasteiger partial charge on any atom is 0.306 e. The van der Waals surface area contributed by atoms with E-state index >= 15 is 0 Å². The zero-order valence-corrected chi connectivity index (χ0v) is 11.6. The van der Waals surface area contributed by atoms with E-state index in [1.807, 2.05) is 0 Å². The molecular weight excluding hydrogens is 230 g/mol. The maximum atomic E-state index is 10.7. The molecule has 0 aromatic heterocycles. The Morgan fingerprint density at radius 2 is 1.89 bits per heavy atom. The summed E-state index contributed by atoms with van der Waals surface area (Å²) in [6.07, 6.45) is 5.93. The van der Waals surface area contributed by atoms with Gasteiger partial charge in [0, 0.05) is 12.1 Å². The number of aliphatic hydroxyl groups is 1. The van der Waals surface area contributed by atoms with Crippen LogP contribution < -0.4 is 5.32 Å². The Bertz CT molecular complexity index is 249. The molecule has 4 nitrogen and oxygen atoms in total.